The Morgan fingerprint density at radius 2 is 1.58 bits per heavy atom. The van der Waals surface area contributed by atoms with Gasteiger partial charge in [0.05, 0.1) is 0 Å². The molecule has 4 heteroatoms. The number of halogens is 2. The van der Waals surface area contributed by atoms with Crippen LogP contribution < -0.4 is 33.0 Å². The second kappa shape index (κ2) is 8.05. The number of benzene rings is 2. The van der Waals surface area contributed by atoms with E-state index in [4.69, 9.17) is 0 Å². The largest absolute Gasteiger partial charge is 1.00 e. The molecule has 2 aliphatic carbocycles. The number of allylic oxidation sites excluding steroid dienone is 4. The number of hydrogen-bond acceptors (Lipinski definition) is 1. The molecule has 0 aromatic heterocycles. The first-order chi connectivity index (χ1) is 11.5. The first kappa shape index (κ1) is 21.5. The molecule has 0 amide bonds. The van der Waals surface area contributed by atoms with Gasteiger partial charge in [-0.1, -0.05) is 0 Å². The molecule has 138 valence electrons. The van der Waals surface area contributed by atoms with Crippen molar-refractivity contribution in [2.24, 2.45) is 0 Å². The first-order valence-electron chi connectivity index (χ1n) is 8.76. The third kappa shape index (κ3) is 3.49. The molecule has 0 N–H and O–H groups in total. The van der Waals surface area contributed by atoms with Crippen molar-refractivity contribution in [3.8, 4) is 11.1 Å². The maximum Gasteiger partial charge on any atom is -1.00 e. The molecular weight excluding hydrogens is 440 g/mol. The zero-order valence-electron chi connectivity index (χ0n) is 15.8. The number of hydrogen-bond donors (Lipinski definition) is 0. The Hall–Kier alpha value is -0.817. The number of fused-ring (bicyclic) bond motifs is 3. The van der Waals surface area contributed by atoms with Crippen molar-refractivity contribution in [3.63, 3.8) is 0 Å². The van der Waals surface area contributed by atoms with Crippen molar-refractivity contribution >= 4 is 8.96 Å². The summed E-state index contributed by atoms with van der Waals surface area (Å²) < 4.78 is 7.56. The molecule has 1 nitrogen and oxygen atoms in total. The van der Waals surface area contributed by atoms with Gasteiger partial charge in [-0.25, -0.2) is 0 Å². The van der Waals surface area contributed by atoms with Gasteiger partial charge in [-0.05, 0) is 0 Å². The Morgan fingerprint density at radius 1 is 0.923 bits per heavy atom. The van der Waals surface area contributed by atoms with Crippen molar-refractivity contribution in [1.29, 1.82) is 0 Å². The van der Waals surface area contributed by atoms with Gasteiger partial charge < -0.3 is 24.8 Å². The molecule has 2 aromatic rings. The normalized spacial score (nSPS) is 14.5. The Balaban J connectivity index is 0.00000121. The summed E-state index contributed by atoms with van der Waals surface area (Å²) in [5.74, 6) is 0. The quantitative estimate of drug-likeness (QED) is 0.486. The minimum atomic E-state index is -2.49. The van der Waals surface area contributed by atoms with E-state index in [1.807, 2.05) is 0 Å². The van der Waals surface area contributed by atoms with E-state index in [1.54, 1.807) is 8.83 Å². The van der Waals surface area contributed by atoms with Crippen LogP contribution in [0.5, 0.6) is 0 Å². The molecule has 2 aliphatic rings. The molecule has 0 heterocycles. The second-order valence-electron chi connectivity index (χ2n) is 7.77. The zero-order valence-corrected chi connectivity index (χ0v) is 19.7. The summed E-state index contributed by atoms with van der Waals surface area (Å²) in [7, 11) is 4.31. The predicted octanol–water partition coefficient (Wildman–Crippen LogP) is -0.878. The standard InChI is InChI=1S/C15H14N.C5H5.2CH3.2ClH.Zr/c1-16(2)13-8-7-12-9-11-5-3-4-6-14(11)15(12)10-13;1-2-4-5-3-1;;;;;/h3-6,8,10H,9H2,1-2H3;1-5H;2*1H3;2*1H;/p-2. The molecule has 2 aromatic carbocycles. The van der Waals surface area contributed by atoms with E-state index in [0.29, 0.717) is 3.63 Å². The topological polar surface area (TPSA) is 3.24 Å². The first-order valence-corrected chi connectivity index (χ1v) is 16.3. The summed E-state index contributed by atoms with van der Waals surface area (Å²) >= 11 is -2.49. The summed E-state index contributed by atoms with van der Waals surface area (Å²) in [5.41, 5.74) is 7.36. The summed E-state index contributed by atoms with van der Waals surface area (Å²) in [4.78, 5) is 2.26. The van der Waals surface area contributed by atoms with E-state index in [1.165, 1.54) is 22.4 Å². The molecule has 0 aliphatic heterocycles. The number of nitrogens with zero attached hydrogens (tertiary/aromatic N) is 1. The third-order valence-corrected chi connectivity index (χ3v) is 15.3. The summed E-state index contributed by atoms with van der Waals surface area (Å²) in [5, 5.41) is 0. The molecule has 0 fully saturated rings. The number of anilines is 1. The fourth-order valence-corrected chi connectivity index (χ4v) is 11.7. The molecule has 0 saturated heterocycles. The van der Waals surface area contributed by atoms with Crippen LogP contribution in [-0.2, 0) is 26.7 Å². The fraction of sp³-hybridized carbons (Fsp3) is 0.273. The number of rotatable bonds is 3. The van der Waals surface area contributed by atoms with Crippen LogP contribution in [0, 0.1) is 0 Å². The summed E-state index contributed by atoms with van der Waals surface area (Å²) in [6, 6.07) is 13.8. The van der Waals surface area contributed by atoms with Gasteiger partial charge >= 0.3 is 150 Å². The van der Waals surface area contributed by atoms with Gasteiger partial charge in [0.1, 0.15) is 0 Å². The van der Waals surface area contributed by atoms with Crippen LogP contribution in [0.25, 0.3) is 11.1 Å². The van der Waals surface area contributed by atoms with Crippen LogP contribution >= 0.6 is 0 Å². The van der Waals surface area contributed by atoms with E-state index in [9.17, 15) is 0 Å². The van der Waals surface area contributed by atoms with Crippen molar-refractivity contribution in [3.05, 3.63) is 71.8 Å². The zero-order chi connectivity index (χ0) is 16.9. The van der Waals surface area contributed by atoms with Crippen LogP contribution in [0.15, 0.2) is 60.7 Å². The molecule has 0 bridgehead atoms. The Bertz CT molecular complexity index is 856. The van der Waals surface area contributed by atoms with Crippen molar-refractivity contribution < 1.29 is 45.1 Å². The Kier molecular flexibility index (Phi) is 6.65. The van der Waals surface area contributed by atoms with E-state index in [2.05, 4.69) is 89.0 Å². The van der Waals surface area contributed by atoms with Crippen LogP contribution in [0.1, 0.15) is 11.1 Å². The smallest absolute Gasteiger partial charge is 1.00 e. The SMILES string of the molecule is CN(C)c1cc2c([c]([Zr]([CH3])([CH3])[CH]3C=CC=C3)c1)Cc1ccccc1-2.[Cl-].[Cl-]. The molecule has 0 spiro atoms. The molecule has 26 heavy (non-hydrogen) atoms. The maximum absolute atomic E-state index is 2.59. The van der Waals surface area contributed by atoms with Crippen LogP contribution in [0.4, 0.5) is 5.69 Å². The molecule has 4 rings (SSSR count). The molecular formula is C22H25Cl2NZr-2. The van der Waals surface area contributed by atoms with Crippen LogP contribution in [0.3, 0.4) is 0 Å². The Labute approximate surface area is 174 Å². The fourth-order valence-electron chi connectivity index (χ4n) is 4.14. The van der Waals surface area contributed by atoms with Crippen molar-refractivity contribution in [2.45, 2.75) is 19.3 Å². The Morgan fingerprint density at radius 3 is 2.23 bits per heavy atom. The van der Waals surface area contributed by atoms with Crippen LogP contribution in [-0.4, -0.2) is 14.1 Å². The van der Waals surface area contributed by atoms with Crippen LogP contribution in [0.2, 0.25) is 12.9 Å². The van der Waals surface area contributed by atoms with Gasteiger partial charge in [0.25, 0.3) is 0 Å². The maximum atomic E-state index is 2.59. The van der Waals surface area contributed by atoms with Crippen molar-refractivity contribution in [2.75, 3.05) is 19.0 Å². The second-order valence-corrected chi connectivity index (χ2v) is 19.2. The minimum Gasteiger partial charge on any atom is -1.00 e. The van der Waals surface area contributed by atoms with Gasteiger partial charge in [-0.3, -0.25) is 0 Å². The average molecular weight is 466 g/mol. The third-order valence-electron chi connectivity index (χ3n) is 5.70. The molecule has 0 saturated carbocycles. The van der Waals surface area contributed by atoms with Crippen molar-refractivity contribution in [1.82, 2.24) is 0 Å². The summed E-state index contributed by atoms with van der Waals surface area (Å²) in [6.07, 6.45) is 10.4. The van der Waals surface area contributed by atoms with E-state index in [0.717, 1.165) is 6.42 Å². The van der Waals surface area contributed by atoms with E-state index < -0.39 is 20.3 Å². The van der Waals surface area contributed by atoms with E-state index in [-0.39, 0.29) is 24.8 Å². The minimum absolute atomic E-state index is 0. The molecule has 0 radical (unpaired) electrons. The molecule has 0 unspecified atom stereocenters. The van der Waals surface area contributed by atoms with Gasteiger partial charge in [0.2, 0.25) is 0 Å². The summed E-state index contributed by atoms with van der Waals surface area (Å²) in [6.45, 7) is 0. The average Bonchev–Trinajstić information content (AvgIpc) is 3.21. The van der Waals surface area contributed by atoms with Gasteiger partial charge in [0.15, 0.2) is 0 Å². The van der Waals surface area contributed by atoms with Gasteiger partial charge in [0, 0.05) is 0 Å². The van der Waals surface area contributed by atoms with E-state index >= 15 is 0 Å². The van der Waals surface area contributed by atoms with Gasteiger partial charge in [-0.15, -0.1) is 0 Å². The molecule has 0 atom stereocenters. The monoisotopic (exact) mass is 463 g/mol. The van der Waals surface area contributed by atoms with Gasteiger partial charge in [-0.2, -0.15) is 0 Å². The predicted molar refractivity (Wildman–Crippen MR) is 102 cm³/mol.